The average Bonchev–Trinajstić information content (AvgIpc) is 3.30. The van der Waals surface area contributed by atoms with E-state index >= 15 is 0 Å². The number of amides is 2. The Bertz CT molecular complexity index is 1100. The fourth-order valence-electron chi connectivity index (χ4n) is 3.46. The number of nitrogens with zero attached hydrogens (tertiary/aromatic N) is 3. The van der Waals surface area contributed by atoms with Crippen LogP contribution >= 0.6 is 11.3 Å². The molecule has 0 saturated carbocycles. The maximum atomic E-state index is 12.5. The molecule has 2 aromatic carbocycles. The van der Waals surface area contributed by atoms with Gasteiger partial charge in [0, 0.05) is 38.8 Å². The second-order valence-electron chi connectivity index (χ2n) is 7.21. The van der Waals surface area contributed by atoms with E-state index < -0.39 is 0 Å². The summed E-state index contributed by atoms with van der Waals surface area (Å²) in [6, 6.07) is 17.1. The third kappa shape index (κ3) is 4.65. The van der Waals surface area contributed by atoms with Crippen molar-refractivity contribution in [2.45, 2.75) is 0 Å². The summed E-state index contributed by atoms with van der Waals surface area (Å²) in [5.74, 6) is 1.23. The molecule has 2 heterocycles. The molecule has 1 aromatic heterocycles. The fraction of sp³-hybridized carbons (Fsp3) is 0.208. The first-order chi connectivity index (χ1) is 15.6. The quantitative estimate of drug-likeness (QED) is 0.581. The summed E-state index contributed by atoms with van der Waals surface area (Å²) in [7, 11) is 1.61. The van der Waals surface area contributed by atoms with E-state index in [0.717, 1.165) is 16.4 Å². The van der Waals surface area contributed by atoms with Crippen LogP contribution in [0.2, 0.25) is 0 Å². The number of aromatic nitrogens is 1. The lowest BCUT2D eigenvalue weighted by Gasteiger charge is -2.34. The zero-order valence-corrected chi connectivity index (χ0v) is 18.6. The minimum atomic E-state index is -0.172. The van der Waals surface area contributed by atoms with Crippen LogP contribution in [0.15, 0.2) is 67.3 Å². The van der Waals surface area contributed by atoms with Gasteiger partial charge in [-0.3, -0.25) is 9.59 Å². The molecular formula is C24H24N4O3S. The van der Waals surface area contributed by atoms with Crippen LogP contribution in [0.5, 0.6) is 11.5 Å². The lowest BCUT2D eigenvalue weighted by atomic mass is 10.1. The van der Waals surface area contributed by atoms with Crippen LogP contribution in [0.3, 0.4) is 0 Å². The molecule has 3 aromatic rings. The number of hydrogen-bond acceptors (Lipinski definition) is 6. The van der Waals surface area contributed by atoms with Gasteiger partial charge in [-0.15, -0.1) is 0 Å². The van der Waals surface area contributed by atoms with Gasteiger partial charge < -0.3 is 19.9 Å². The van der Waals surface area contributed by atoms with Crippen molar-refractivity contribution >= 4 is 28.3 Å². The normalized spacial score (nSPS) is 13.5. The van der Waals surface area contributed by atoms with Gasteiger partial charge in [-0.05, 0) is 42.5 Å². The number of ether oxygens (including phenoxy) is 1. The summed E-state index contributed by atoms with van der Waals surface area (Å²) in [4.78, 5) is 33.6. The van der Waals surface area contributed by atoms with Crippen molar-refractivity contribution in [2.24, 2.45) is 0 Å². The molecule has 0 radical (unpaired) electrons. The third-order valence-electron chi connectivity index (χ3n) is 5.19. The lowest BCUT2D eigenvalue weighted by molar-refractivity contribution is -0.126. The molecule has 1 aliphatic rings. The summed E-state index contributed by atoms with van der Waals surface area (Å²) in [5, 5.41) is 3.48. The number of benzene rings is 2. The van der Waals surface area contributed by atoms with Crippen LogP contribution in [0.1, 0.15) is 9.67 Å². The first kappa shape index (κ1) is 21.6. The van der Waals surface area contributed by atoms with Crippen molar-refractivity contribution in [1.29, 1.82) is 0 Å². The molecule has 1 saturated heterocycles. The number of nitrogens with one attached hydrogen (secondary N) is 1. The molecule has 1 fully saturated rings. The maximum Gasteiger partial charge on any atom is 0.263 e. The predicted molar refractivity (Wildman–Crippen MR) is 126 cm³/mol. The van der Waals surface area contributed by atoms with E-state index in [1.165, 1.54) is 17.4 Å². The smallest absolute Gasteiger partial charge is 0.263 e. The maximum absolute atomic E-state index is 12.5. The van der Waals surface area contributed by atoms with Crippen molar-refractivity contribution < 1.29 is 14.3 Å². The number of carbonyl (C=O) groups excluding carboxylic acids is 2. The molecule has 8 heteroatoms. The second kappa shape index (κ2) is 9.65. The Labute approximate surface area is 191 Å². The van der Waals surface area contributed by atoms with Gasteiger partial charge >= 0.3 is 0 Å². The van der Waals surface area contributed by atoms with Crippen molar-refractivity contribution in [3.63, 3.8) is 0 Å². The summed E-state index contributed by atoms with van der Waals surface area (Å²) in [5.41, 5.74) is 1.48. The average molecular weight is 449 g/mol. The van der Waals surface area contributed by atoms with Crippen LogP contribution in [0.4, 0.5) is 5.13 Å². The Hall–Kier alpha value is -3.65. The Balaban J connectivity index is 1.55. The third-order valence-corrected chi connectivity index (χ3v) is 6.31. The number of thiazole rings is 1. The standard InChI is InChI=1S/C24H24N4O3S/c1-3-20(29)27-13-15-28(16-14-27)24-26-21(22(32-24)23(30)25-2)17-9-11-19(12-10-17)31-18-7-5-4-6-8-18/h3-12H,1,13-16H2,2H3,(H,25,30). The molecule has 0 bridgehead atoms. The van der Waals surface area contributed by atoms with E-state index in [9.17, 15) is 9.59 Å². The lowest BCUT2D eigenvalue weighted by Crippen LogP contribution is -2.48. The van der Waals surface area contributed by atoms with Crippen LogP contribution in [-0.4, -0.2) is 54.9 Å². The molecule has 1 aliphatic heterocycles. The zero-order valence-electron chi connectivity index (χ0n) is 17.8. The molecule has 32 heavy (non-hydrogen) atoms. The van der Waals surface area contributed by atoms with Crippen LogP contribution < -0.4 is 15.0 Å². The Morgan fingerprint density at radius 2 is 1.69 bits per heavy atom. The number of rotatable bonds is 6. The fourth-order valence-corrected chi connectivity index (χ4v) is 4.55. The largest absolute Gasteiger partial charge is 0.457 e. The summed E-state index contributed by atoms with van der Waals surface area (Å²) >= 11 is 1.36. The van der Waals surface area contributed by atoms with Crippen molar-refractivity contribution in [3.8, 4) is 22.8 Å². The van der Waals surface area contributed by atoms with E-state index in [4.69, 9.17) is 9.72 Å². The van der Waals surface area contributed by atoms with E-state index in [0.29, 0.717) is 42.5 Å². The van der Waals surface area contributed by atoms with E-state index in [-0.39, 0.29) is 11.8 Å². The first-order valence-corrected chi connectivity index (χ1v) is 11.1. The van der Waals surface area contributed by atoms with Gasteiger partial charge in [0.05, 0.1) is 5.69 Å². The molecule has 0 aliphatic carbocycles. The summed E-state index contributed by atoms with van der Waals surface area (Å²) in [6.07, 6.45) is 1.34. The molecule has 7 nitrogen and oxygen atoms in total. The van der Waals surface area contributed by atoms with Gasteiger partial charge in [0.15, 0.2) is 5.13 Å². The van der Waals surface area contributed by atoms with Crippen LogP contribution in [0.25, 0.3) is 11.3 Å². The van der Waals surface area contributed by atoms with Gasteiger partial charge in [0.1, 0.15) is 16.4 Å². The van der Waals surface area contributed by atoms with Crippen LogP contribution in [0, 0.1) is 0 Å². The number of hydrogen-bond donors (Lipinski definition) is 1. The number of para-hydroxylation sites is 1. The highest BCUT2D eigenvalue weighted by molar-refractivity contribution is 7.18. The molecule has 2 amide bonds. The van der Waals surface area contributed by atoms with E-state index in [2.05, 4.69) is 16.8 Å². The molecule has 0 unspecified atom stereocenters. The minimum absolute atomic E-state index is 0.0617. The number of piperazine rings is 1. The molecular weight excluding hydrogens is 424 g/mol. The predicted octanol–water partition coefficient (Wildman–Crippen LogP) is 3.80. The zero-order chi connectivity index (χ0) is 22.5. The molecule has 164 valence electrons. The molecule has 0 spiro atoms. The highest BCUT2D eigenvalue weighted by atomic mass is 32.1. The van der Waals surface area contributed by atoms with Crippen molar-refractivity contribution in [3.05, 3.63) is 72.1 Å². The number of anilines is 1. The minimum Gasteiger partial charge on any atom is -0.457 e. The number of carbonyl (C=O) groups is 2. The van der Waals surface area contributed by atoms with Crippen molar-refractivity contribution in [2.75, 3.05) is 38.1 Å². The second-order valence-corrected chi connectivity index (χ2v) is 8.19. The van der Waals surface area contributed by atoms with Gasteiger partial charge in [0.25, 0.3) is 5.91 Å². The molecule has 1 N–H and O–H groups in total. The van der Waals surface area contributed by atoms with E-state index in [1.54, 1.807) is 11.9 Å². The first-order valence-electron chi connectivity index (χ1n) is 10.3. The molecule has 0 atom stereocenters. The van der Waals surface area contributed by atoms with Crippen LogP contribution in [-0.2, 0) is 4.79 Å². The Kier molecular flexibility index (Phi) is 6.51. The summed E-state index contributed by atoms with van der Waals surface area (Å²) in [6.45, 7) is 6.06. The van der Waals surface area contributed by atoms with Gasteiger partial charge in [-0.25, -0.2) is 4.98 Å². The van der Waals surface area contributed by atoms with Gasteiger partial charge in [0.2, 0.25) is 5.91 Å². The Morgan fingerprint density at radius 3 is 2.31 bits per heavy atom. The topological polar surface area (TPSA) is 74.8 Å². The highest BCUT2D eigenvalue weighted by Gasteiger charge is 2.25. The van der Waals surface area contributed by atoms with Gasteiger partial charge in [-0.2, -0.15) is 0 Å². The van der Waals surface area contributed by atoms with E-state index in [1.807, 2.05) is 54.6 Å². The summed E-state index contributed by atoms with van der Waals surface area (Å²) < 4.78 is 5.86. The van der Waals surface area contributed by atoms with Crippen molar-refractivity contribution in [1.82, 2.24) is 15.2 Å². The SMILES string of the molecule is C=CC(=O)N1CCN(c2nc(-c3ccc(Oc4ccccc4)cc3)c(C(=O)NC)s2)CC1. The van der Waals surface area contributed by atoms with Gasteiger partial charge in [-0.1, -0.05) is 36.1 Å². The Morgan fingerprint density at radius 1 is 1.03 bits per heavy atom. The molecule has 4 rings (SSSR count). The highest BCUT2D eigenvalue weighted by Crippen LogP contribution is 2.35. The monoisotopic (exact) mass is 448 g/mol.